The van der Waals surface area contributed by atoms with Gasteiger partial charge in [0.05, 0.1) is 23.5 Å². The highest BCUT2D eigenvalue weighted by Gasteiger charge is 2.16. The van der Waals surface area contributed by atoms with Crippen LogP contribution in [0.15, 0.2) is 18.5 Å². The molecule has 14 heteroatoms. The van der Waals surface area contributed by atoms with Gasteiger partial charge >= 0.3 is 0 Å². The predicted molar refractivity (Wildman–Crippen MR) is 109 cm³/mol. The minimum Gasteiger partial charge on any atom is -0.373 e. The Morgan fingerprint density at radius 1 is 1.39 bits per heavy atom. The SMILES string of the molecule is CNC(=O)c1cn(CC(F)CCc2nnc(NC(O)Cc3ncc(Cl)cc3F)s2)nn1. The van der Waals surface area contributed by atoms with Crippen LogP contribution in [0.1, 0.15) is 27.6 Å². The van der Waals surface area contributed by atoms with E-state index in [0.717, 1.165) is 17.4 Å². The number of aryl methyl sites for hydroxylation is 1. The Morgan fingerprint density at radius 2 is 2.19 bits per heavy atom. The van der Waals surface area contributed by atoms with Crippen molar-refractivity contribution in [3.8, 4) is 0 Å². The number of aliphatic hydroxyl groups is 1. The predicted octanol–water partition coefficient (Wildman–Crippen LogP) is 1.62. The summed E-state index contributed by atoms with van der Waals surface area (Å²) in [6.07, 6.45) is 0.678. The van der Waals surface area contributed by atoms with Gasteiger partial charge in [-0.05, 0) is 12.5 Å². The number of hydrogen-bond acceptors (Lipinski definition) is 9. The Morgan fingerprint density at radius 3 is 2.94 bits per heavy atom. The number of halogens is 3. The number of nitrogens with zero attached hydrogens (tertiary/aromatic N) is 6. The van der Waals surface area contributed by atoms with Crippen molar-refractivity contribution in [3.63, 3.8) is 0 Å². The average Bonchev–Trinajstić information content (AvgIpc) is 3.37. The van der Waals surface area contributed by atoms with E-state index >= 15 is 0 Å². The molecule has 31 heavy (non-hydrogen) atoms. The first-order chi connectivity index (χ1) is 14.8. The Kier molecular flexibility index (Phi) is 7.76. The van der Waals surface area contributed by atoms with Gasteiger partial charge in [0.15, 0.2) is 5.69 Å². The molecule has 3 rings (SSSR count). The number of carbonyl (C=O) groups excluding carboxylic acids is 1. The van der Waals surface area contributed by atoms with Gasteiger partial charge in [0.1, 0.15) is 23.2 Å². The van der Waals surface area contributed by atoms with Crippen LogP contribution >= 0.6 is 22.9 Å². The number of pyridine rings is 1. The molecule has 0 fully saturated rings. The maximum atomic E-state index is 14.3. The number of aromatic nitrogens is 6. The Labute approximate surface area is 184 Å². The molecule has 3 heterocycles. The summed E-state index contributed by atoms with van der Waals surface area (Å²) in [5.41, 5.74) is 0.170. The van der Waals surface area contributed by atoms with Gasteiger partial charge in [-0.1, -0.05) is 28.2 Å². The second-order valence-electron chi connectivity index (χ2n) is 6.49. The van der Waals surface area contributed by atoms with E-state index in [1.165, 1.54) is 24.1 Å². The number of carbonyl (C=O) groups is 1. The van der Waals surface area contributed by atoms with Crippen molar-refractivity contribution in [1.82, 2.24) is 35.5 Å². The van der Waals surface area contributed by atoms with Crippen LogP contribution < -0.4 is 10.6 Å². The van der Waals surface area contributed by atoms with E-state index in [4.69, 9.17) is 11.6 Å². The third-order valence-corrected chi connectivity index (χ3v) is 5.20. The Bertz CT molecular complexity index is 1030. The maximum Gasteiger partial charge on any atom is 0.273 e. The summed E-state index contributed by atoms with van der Waals surface area (Å²) in [4.78, 5) is 15.3. The smallest absolute Gasteiger partial charge is 0.273 e. The van der Waals surface area contributed by atoms with E-state index in [2.05, 4.69) is 36.1 Å². The normalized spacial score (nSPS) is 13.1. The zero-order valence-corrected chi connectivity index (χ0v) is 17.9. The topological polar surface area (TPSA) is 131 Å². The lowest BCUT2D eigenvalue weighted by molar-refractivity contribution is 0.0958. The Balaban J connectivity index is 1.46. The highest BCUT2D eigenvalue weighted by atomic mass is 35.5. The van der Waals surface area contributed by atoms with Gasteiger partial charge in [0.2, 0.25) is 5.13 Å². The molecule has 2 unspecified atom stereocenters. The number of aliphatic hydroxyl groups excluding tert-OH is 1. The number of hydrogen-bond donors (Lipinski definition) is 3. The van der Waals surface area contributed by atoms with Gasteiger partial charge < -0.3 is 15.7 Å². The third kappa shape index (κ3) is 6.60. The van der Waals surface area contributed by atoms with Gasteiger partial charge in [-0.3, -0.25) is 9.78 Å². The van der Waals surface area contributed by atoms with E-state index in [1.54, 1.807) is 0 Å². The van der Waals surface area contributed by atoms with E-state index < -0.39 is 24.1 Å². The molecule has 2 atom stereocenters. The number of alkyl halides is 1. The van der Waals surface area contributed by atoms with Gasteiger partial charge in [0.25, 0.3) is 5.91 Å². The van der Waals surface area contributed by atoms with E-state index in [1.807, 2.05) is 0 Å². The maximum absolute atomic E-state index is 14.3. The summed E-state index contributed by atoms with van der Waals surface area (Å²) >= 11 is 6.81. The molecule has 3 aromatic rings. The number of rotatable bonds is 10. The first-order valence-corrected chi connectivity index (χ1v) is 10.4. The molecule has 0 spiro atoms. The fourth-order valence-corrected chi connectivity index (χ4v) is 3.52. The minimum atomic E-state index is -1.23. The molecule has 0 aliphatic carbocycles. The van der Waals surface area contributed by atoms with Crippen LogP contribution in [0.3, 0.4) is 0 Å². The van der Waals surface area contributed by atoms with Crippen molar-refractivity contribution in [2.45, 2.75) is 38.2 Å². The lowest BCUT2D eigenvalue weighted by Crippen LogP contribution is -2.22. The lowest BCUT2D eigenvalue weighted by atomic mass is 10.2. The minimum absolute atomic E-state index is 0.0493. The molecule has 3 aromatic heterocycles. The van der Waals surface area contributed by atoms with Crippen molar-refractivity contribution >= 4 is 34.0 Å². The lowest BCUT2D eigenvalue weighted by Gasteiger charge is -2.11. The van der Waals surface area contributed by atoms with Crippen LogP contribution in [0, 0.1) is 5.82 Å². The number of nitrogens with one attached hydrogen (secondary N) is 2. The summed E-state index contributed by atoms with van der Waals surface area (Å²) in [6.45, 7) is -0.0493. The molecule has 0 aliphatic heterocycles. The number of anilines is 1. The van der Waals surface area contributed by atoms with Crippen LogP contribution in [0.4, 0.5) is 13.9 Å². The van der Waals surface area contributed by atoms with Gasteiger partial charge in [-0.15, -0.1) is 15.3 Å². The standard InChI is InChI=1S/C17H19ClF2N8O2S/c1-21-16(30)13-8-28(27-24-13)7-10(19)2-3-15-25-26-17(31-15)23-14(29)5-12-11(20)4-9(18)6-22-12/h4,6,8,10,14,29H,2-3,5,7H2,1H3,(H,21,30)(H,23,26). The molecular formula is C17H19ClF2N8O2S. The molecule has 10 nitrogen and oxygen atoms in total. The molecule has 0 radical (unpaired) electrons. The molecule has 0 bridgehead atoms. The van der Waals surface area contributed by atoms with Crippen LogP contribution in [0.5, 0.6) is 0 Å². The summed E-state index contributed by atoms with van der Waals surface area (Å²) in [7, 11) is 1.47. The second kappa shape index (κ2) is 10.5. The monoisotopic (exact) mass is 472 g/mol. The molecule has 166 valence electrons. The van der Waals surface area contributed by atoms with Crippen molar-refractivity contribution in [2.75, 3.05) is 12.4 Å². The molecule has 3 N–H and O–H groups in total. The summed E-state index contributed by atoms with van der Waals surface area (Å²) in [5.74, 6) is -1.01. The first kappa shape index (κ1) is 22.9. The highest BCUT2D eigenvalue weighted by Crippen LogP contribution is 2.20. The van der Waals surface area contributed by atoms with Crippen LogP contribution in [-0.2, 0) is 19.4 Å². The van der Waals surface area contributed by atoms with E-state index in [0.29, 0.717) is 16.6 Å². The molecule has 0 aliphatic rings. The summed E-state index contributed by atoms with van der Waals surface area (Å²) in [6, 6.07) is 1.12. The highest BCUT2D eigenvalue weighted by molar-refractivity contribution is 7.15. The van der Waals surface area contributed by atoms with Gasteiger partial charge in [0, 0.05) is 26.1 Å². The van der Waals surface area contributed by atoms with E-state index in [9.17, 15) is 18.7 Å². The van der Waals surface area contributed by atoms with Crippen molar-refractivity contribution < 1.29 is 18.7 Å². The second-order valence-corrected chi connectivity index (χ2v) is 7.99. The van der Waals surface area contributed by atoms with Crippen LogP contribution in [0.2, 0.25) is 5.02 Å². The largest absolute Gasteiger partial charge is 0.373 e. The quantitative estimate of drug-likeness (QED) is 0.379. The van der Waals surface area contributed by atoms with Gasteiger partial charge in [-0.25, -0.2) is 13.5 Å². The van der Waals surface area contributed by atoms with E-state index in [-0.39, 0.29) is 35.8 Å². The molecule has 0 aromatic carbocycles. The fourth-order valence-electron chi connectivity index (χ4n) is 2.58. The summed E-state index contributed by atoms with van der Waals surface area (Å²) < 4.78 is 29.3. The fraction of sp³-hybridized carbons (Fsp3) is 0.412. The van der Waals surface area contributed by atoms with Crippen LogP contribution in [0.25, 0.3) is 0 Å². The zero-order valence-electron chi connectivity index (χ0n) is 16.3. The van der Waals surface area contributed by atoms with Crippen molar-refractivity contribution in [2.24, 2.45) is 0 Å². The zero-order chi connectivity index (χ0) is 22.4. The number of amides is 1. The molecular weight excluding hydrogens is 454 g/mol. The van der Waals surface area contributed by atoms with Crippen molar-refractivity contribution in [1.29, 1.82) is 0 Å². The van der Waals surface area contributed by atoms with Crippen molar-refractivity contribution in [3.05, 3.63) is 45.7 Å². The third-order valence-electron chi connectivity index (χ3n) is 4.08. The first-order valence-electron chi connectivity index (χ1n) is 9.17. The molecule has 0 saturated heterocycles. The molecule has 1 amide bonds. The Hall–Kier alpha value is -2.77. The summed E-state index contributed by atoms with van der Waals surface area (Å²) in [5, 5.41) is 31.5. The average molecular weight is 473 g/mol. The molecule has 0 saturated carbocycles. The van der Waals surface area contributed by atoms with Crippen LogP contribution in [-0.4, -0.2) is 60.6 Å². The van der Waals surface area contributed by atoms with Gasteiger partial charge in [-0.2, -0.15) is 0 Å².